The summed E-state index contributed by atoms with van der Waals surface area (Å²) >= 11 is 0. The van der Waals surface area contributed by atoms with Crippen LogP contribution >= 0.6 is 0 Å². The van der Waals surface area contributed by atoms with E-state index in [-0.39, 0.29) is 30.8 Å². The molecule has 1 aromatic heterocycles. The highest BCUT2D eigenvalue weighted by Gasteiger charge is 2.33. The van der Waals surface area contributed by atoms with Gasteiger partial charge in [-0.1, -0.05) is 11.8 Å². The van der Waals surface area contributed by atoms with E-state index in [1.165, 1.54) is 19.2 Å². The minimum absolute atomic E-state index is 0.0849. The lowest BCUT2D eigenvalue weighted by Crippen LogP contribution is -2.39. The maximum Gasteiger partial charge on any atom is 0.406 e. The molecule has 1 N–H and O–H groups in total. The number of hydrogen-bond acceptors (Lipinski definition) is 3. The van der Waals surface area contributed by atoms with Gasteiger partial charge in [0, 0.05) is 19.2 Å². The first-order valence-corrected chi connectivity index (χ1v) is 6.29. The van der Waals surface area contributed by atoms with Crippen molar-refractivity contribution in [2.45, 2.75) is 19.5 Å². The van der Waals surface area contributed by atoms with Crippen LogP contribution in [0.1, 0.15) is 29.4 Å². The summed E-state index contributed by atoms with van der Waals surface area (Å²) in [6.07, 6.45) is -2.93. The molecular formula is C14H15F3N2O2. The van der Waals surface area contributed by atoms with Gasteiger partial charge in [0.15, 0.2) is 0 Å². The lowest BCUT2D eigenvalue weighted by atomic mass is 10.1. The molecule has 0 aromatic carbocycles. The van der Waals surface area contributed by atoms with Crippen LogP contribution < -0.4 is 0 Å². The van der Waals surface area contributed by atoms with E-state index in [1.54, 1.807) is 6.07 Å². The molecule has 1 aromatic rings. The van der Waals surface area contributed by atoms with Crippen LogP contribution in [0.25, 0.3) is 0 Å². The van der Waals surface area contributed by atoms with E-state index < -0.39 is 18.6 Å². The number of aromatic nitrogens is 1. The van der Waals surface area contributed by atoms with Crippen molar-refractivity contribution in [1.82, 2.24) is 9.88 Å². The molecule has 0 aliphatic carbocycles. The predicted molar refractivity (Wildman–Crippen MR) is 70.5 cm³/mol. The quantitative estimate of drug-likeness (QED) is 0.863. The number of rotatable bonds is 4. The molecule has 0 atom stereocenters. The normalized spacial score (nSPS) is 10.7. The monoisotopic (exact) mass is 300 g/mol. The van der Waals surface area contributed by atoms with Crippen LogP contribution in [0.5, 0.6) is 0 Å². The summed E-state index contributed by atoms with van der Waals surface area (Å²) in [5.41, 5.74) is 0.130. The van der Waals surface area contributed by atoms with Crippen LogP contribution in [0.4, 0.5) is 13.2 Å². The lowest BCUT2D eigenvalue weighted by molar-refractivity contribution is -0.140. The largest absolute Gasteiger partial charge is 0.406 e. The Morgan fingerprint density at radius 1 is 1.48 bits per heavy atom. The first kappa shape index (κ1) is 17.0. The Labute approximate surface area is 120 Å². The Morgan fingerprint density at radius 3 is 2.76 bits per heavy atom. The Morgan fingerprint density at radius 2 is 2.19 bits per heavy atom. The second-order valence-corrected chi connectivity index (χ2v) is 4.11. The summed E-state index contributed by atoms with van der Waals surface area (Å²) in [5, 5.41) is 8.66. The number of aliphatic hydroxyl groups excluding tert-OH is 1. The van der Waals surface area contributed by atoms with Gasteiger partial charge in [-0.2, -0.15) is 13.2 Å². The number of alkyl halides is 3. The molecule has 0 radical (unpaired) electrons. The molecule has 1 amide bonds. The average molecular weight is 300 g/mol. The number of aliphatic hydroxyl groups is 1. The molecule has 0 saturated carbocycles. The highest BCUT2D eigenvalue weighted by Crippen LogP contribution is 2.18. The molecule has 0 bridgehead atoms. The van der Waals surface area contributed by atoms with Gasteiger partial charge in [0.25, 0.3) is 5.91 Å². The van der Waals surface area contributed by atoms with Crippen molar-refractivity contribution in [3.8, 4) is 11.8 Å². The molecule has 4 nitrogen and oxygen atoms in total. The molecule has 0 aliphatic heterocycles. The molecule has 1 rings (SSSR count). The number of halogens is 3. The SMILES string of the molecule is CCN(CC(F)(F)F)C(=O)c1ncccc1C#CCCO. The summed E-state index contributed by atoms with van der Waals surface area (Å²) in [4.78, 5) is 16.7. The molecule has 0 saturated heterocycles. The Bertz CT molecular complexity index is 547. The molecular weight excluding hydrogens is 285 g/mol. The maximum absolute atomic E-state index is 12.4. The van der Waals surface area contributed by atoms with Crippen molar-refractivity contribution in [1.29, 1.82) is 0 Å². The number of carbonyl (C=O) groups is 1. The molecule has 21 heavy (non-hydrogen) atoms. The Kier molecular flexibility index (Phi) is 6.18. The fourth-order valence-corrected chi connectivity index (χ4v) is 1.58. The Balaban J connectivity index is 3.04. The first-order chi connectivity index (χ1) is 9.89. The van der Waals surface area contributed by atoms with Gasteiger partial charge in [-0.3, -0.25) is 4.79 Å². The average Bonchev–Trinajstić information content (AvgIpc) is 2.44. The fraction of sp³-hybridized carbons (Fsp3) is 0.429. The van der Waals surface area contributed by atoms with Crippen molar-refractivity contribution in [3.63, 3.8) is 0 Å². The molecule has 114 valence electrons. The van der Waals surface area contributed by atoms with Crippen molar-refractivity contribution < 1.29 is 23.1 Å². The van der Waals surface area contributed by atoms with Crippen molar-refractivity contribution in [2.75, 3.05) is 19.7 Å². The zero-order chi connectivity index (χ0) is 15.9. The van der Waals surface area contributed by atoms with Gasteiger partial charge in [0.05, 0.1) is 12.2 Å². The van der Waals surface area contributed by atoms with E-state index in [1.807, 2.05) is 0 Å². The number of pyridine rings is 1. The van der Waals surface area contributed by atoms with Crippen LogP contribution in [0.15, 0.2) is 18.3 Å². The van der Waals surface area contributed by atoms with Gasteiger partial charge in [0.2, 0.25) is 0 Å². The minimum atomic E-state index is -4.47. The first-order valence-electron chi connectivity index (χ1n) is 6.29. The lowest BCUT2D eigenvalue weighted by Gasteiger charge is -2.22. The topological polar surface area (TPSA) is 53.4 Å². The van der Waals surface area contributed by atoms with E-state index in [9.17, 15) is 18.0 Å². The van der Waals surface area contributed by atoms with E-state index in [0.717, 1.165) is 0 Å². The van der Waals surface area contributed by atoms with Gasteiger partial charge in [-0.15, -0.1) is 0 Å². The van der Waals surface area contributed by atoms with Crippen LogP contribution in [-0.4, -0.2) is 46.8 Å². The minimum Gasteiger partial charge on any atom is -0.395 e. The highest BCUT2D eigenvalue weighted by atomic mass is 19.4. The van der Waals surface area contributed by atoms with E-state index in [4.69, 9.17) is 5.11 Å². The van der Waals surface area contributed by atoms with E-state index in [0.29, 0.717) is 4.90 Å². The molecule has 0 spiro atoms. The highest BCUT2D eigenvalue weighted by molar-refractivity contribution is 5.94. The third-order valence-electron chi connectivity index (χ3n) is 2.51. The van der Waals surface area contributed by atoms with Crippen molar-refractivity contribution in [2.24, 2.45) is 0 Å². The fourth-order valence-electron chi connectivity index (χ4n) is 1.58. The van der Waals surface area contributed by atoms with Crippen LogP contribution in [0, 0.1) is 11.8 Å². The number of hydrogen-bond donors (Lipinski definition) is 1. The summed E-state index contributed by atoms with van der Waals surface area (Å²) in [6, 6.07) is 3.05. The number of nitrogens with zero attached hydrogens (tertiary/aromatic N) is 2. The van der Waals surface area contributed by atoms with E-state index in [2.05, 4.69) is 16.8 Å². The van der Waals surface area contributed by atoms with Crippen LogP contribution in [0.3, 0.4) is 0 Å². The summed E-state index contributed by atoms with van der Waals surface area (Å²) in [5.74, 6) is 4.44. The maximum atomic E-state index is 12.4. The summed E-state index contributed by atoms with van der Waals surface area (Å²) in [6.45, 7) is -0.0871. The van der Waals surface area contributed by atoms with Crippen molar-refractivity contribution >= 4 is 5.91 Å². The molecule has 0 unspecified atom stereocenters. The van der Waals surface area contributed by atoms with Gasteiger partial charge in [-0.05, 0) is 19.1 Å². The standard InChI is InChI=1S/C14H15F3N2O2/c1-2-19(10-14(15,16)17)13(21)12-11(6-3-4-9-20)7-5-8-18-12/h5,7-8,20H,2,4,9-10H2,1H3. The third-order valence-corrected chi connectivity index (χ3v) is 2.51. The van der Waals surface area contributed by atoms with Crippen LogP contribution in [-0.2, 0) is 0 Å². The summed E-state index contributed by atoms with van der Waals surface area (Å²) < 4.78 is 37.3. The summed E-state index contributed by atoms with van der Waals surface area (Å²) in [7, 11) is 0. The smallest absolute Gasteiger partial charge is 0.395 e. The number of carbonyl (C=O) groups excluding carboxylic acids is 1. The zero-order valence-corrected chi connectivity index (χ0v) is 11.4. The van der Waals surface area contributed by atoms with E-state index >= 15 is 0 Å². The van der Waals surface area contributed by atoms with Crippen molar-refractivity contribution in [3.05, 3.63) is 29.6 Å². The molecule has 7 heteroatoms. The molecule has 1 heterocycles. The zero-order valence-electron chi connectivity index (χ0n) is 11.4. The second kappa shape index (κ2) is 7.64. The predicted octanol–water partition coefficient (Wildman–Crippen LogP) is 1.84. The molecule has 0 aliphatic rings. The van der Waals surface area contributed by atoms with Crippen LogP contribution in [0.2, 0.25) is 0 Å². The molecule has 0 fully saturated rings. The van der Waals surface area contributed by atoms with Gasteiger partial charge < -0.3 is 10.0 Å². The van der Waals surface area contributed by atoms with Gasteiger partial charge in [-0.25, -0.2) is 4.98 Å². The number of amides is 1. The van der Waals surface area contributed by atoms with Gasteiger partial charge in [0.1, 0.15) is 12.2 Å². The Hall–Kier alpha value is -2.07. The second-order valence-electron chi connectivity index (χ2n) is 4.11. The van der Waals surface area contributed by atoms with Gasteiger partial charge >= 0.3 is 6.18 Å². The third kappa shape index (κ3) is 5.44.